The van der Waals surface area contributed by atoms with Gasteiger partial charge in [-0.1, -0.05) is 12.1 Å². The zero-order chi connectivity index (χ0) is 21.4. The lowest BCUT2D eigenvalue weighted by Gasteiger charge is -2.29. The molecule has 0 aliphatic carbocycles. The van der Waals surface area contributed by atoms with Crippen molar-refractivity contribution in [1.29, 1.82) is 0 Å². The number of H-pyrrole nitrogens is 1. The number of benzene rings is 1. The van der Waals surface area contributed by atoms with Gasteiger partial charge in [0, 0.05) is 57.3 Å². The van der Waals surface area contributed by atoms with Crippen LogP contribution < -0.4 is 20.9 Å². The van der Waals surface area contributed by atoms with Crippen molar-refractivity contribution in [2.75, 3.05) is 36.4 Å². The molecule has 1 unspecified atom stereocenters. The van der Waals surface area contributed by atoms with E-state index in [1.807, 2.05) is 24.3 Å². The van der Waals surface area contributed by atoms with Crippen molar-refractivity contribution in [1.82, 2.24) is 25.7 Å². The maximum absolute atomic E-state index is 12.8. The predicted molar refractivity (Wildman–Crippen MR) is 113 cm³/mol. The van der Waals surface area contributed by atoms with E-state index in [-0.39, 0.29) is 24.1 Å². The molecule has 2 aromatic rings. The van der Waals surface area contributed by atoms with E-state index in [9.17, 15) is 14.4 Å². The van der Waals surface area contributed by atoms with Crippen LogP contribution in [0.4, 0.5) is 11.6 Å². The van der Waals surface area contributed by atoms with Gasteiger partial charge in [-0.15, -0.1) is 0 Å². The van der Waals surface area contributed by atoms with E-state index in [1.165, 1.54) is 0 Å². The quantitative estimate of drug-likeness (QED) is 0.507. The molecule has 4 heterocycles. The molecule has 3 aliphatic heterocycles. The van der Waals surface area contributed by atoms with Crippen LogP contribution in [0.5, 0.6) is 0 Å². The maximum atomic E-state index is 12.8. The molecule has 5 rings (SSSR count). The second-order valence-corrected chi connectivity index (χ2v) is 8.12. The highest BCUT2D eigenvalue weighted by Gasteiger charge is 2.39. The summed E-state index contributed by atoms with van der Waals surface area (Å²) >= 11 is 0. The Balaban J connectivity index is 1.23. The largest absolute Gasteiger partial charge is 0.366 e. The highest BCUT2D eigenvalue weighted by molar-refractivity contribution is 6.05. The minimum absolute atomic E-state index is 0.154. The number of hydrogen-bond acceptors (Lipinski definition) is 7. The van der Waals surface area contributed by atoms with Crippen LogP contribution in [0.15, 0.2) is 24.3 Å². The number of aromatic nitrogens is 2. The Morgan fingerprint density at radius 3 is 2.77 bits per heavy atom. The van der Waals surface area contributed by atoms with Crippen LogP contribution in [-0.4, -0.2) is 65.0 Å². The Morgan fingerprint density at radius 1 is 1.13 bits per heavy atom. The second kappa shape index (κ2) is 8.03. The lowest BCUT2D eigenvalue weighted by atomic mass is 10.0. The lowest BCUT2D eigenvalue weighted by molar-refractivity contribution is -0.136. The van der Waals surface area contributed by atoms with E-state index in [0.29, 0.717) is 25.1 Å². The molecule has 0 saturated carbocycles. The average molecular weight is 423 g/mol. The minimum atomic E-state index is -0.590. The summed E-state index contributed by atoms with van der Waals surface area (Å²) in [6.45, 7) is 4.76. The molecule has 1 atom stereocenters. The minimum Gasteiger partial charge on any atom is -0.366 e. The number of carbonyl (C=O) groups excluding carboxylic acids is 3. The Morgan fingerprint density at radius 2 is 1.97 bits per heavy atom. The molecule has 4 N–H and O–H groups in total. The molecule has 2 fully saturated rings. The number of rotatable bonds is 5. The number of nitrogens with one attached hydrogen (secondary N) is 4. The Bertz CT molecular complexity index is 1030. The van der Waals surface area contributed by atoms with Crippen molar-refractivity contribution >= 4 is 29.4 Å². The summed E-state index contributed by atoms with van der Waals surface area (Å²) in [7, 11) is 0. The molecule has 31 heavy (non-hydrogen) atoms. The summed E-state index contributed by atoms with van der Waals surface area (Å²) in [6.07, 6.45) is 0.625. The molecule has 3 amide bonds. The number of imide groups is 1. The second-order valence-electron chi connectivity index (χ2n) is 8.12. The predicted octanol–water partition coefficient (Wildman–Crippen LogP) is 0.192. The van der Waals surface area contributed by atoms with Gasteiger partial charge in [0.25, 0.3) is 5.91 Å². The number of carbonyl (C=O) groups is 3. The standard InChI is InChI=1S/C21H25N7O3/c29-19-4-3-16(20(30)24-19)28-12-14-9-13(1-2-15(14)21(28)31)11-23-17-10-18(26-25-17)27-7-5-22-6-8-27/h1-2,9-10,16,22H,3-8,11-12H2,(H2,23,25,26)(H,24,29,30). The monoisotopic (exact) mass is 423 g/mol. The van der Waals surface area contributed by atoms with Crippen LogP contribution in [0.3, 0.4) is 0 Å². The molecule has 2 saturated heterocycles. The van der Waals surface area contributed by atoms with Gasteiger partial charge in [0.05, 0.1) is 0 Å². The van der Waals surface area contributed by atoms with Crippen molar-refractivity contribution in [3.05, 3.63) is 41.0 Å². The van der Waals surface area contributed by atoms with Crippen LogP contribution >= 0.6 is 0 Å². The van der Waals surface area contributed by atoms with Gasteiger partial charge in [-0.05, 0) is 23.6 Å². The summed E-state index contributed by atoms with van der Waals surface area (Å²) in [5.74, 6) is 0.952. The van der Waals surface area contributed by atoms with Crippen molar-refractivity contribution < 1.29 is 14.4 Å². The van der Waals surface area contributed by atoms with E-state index < -0.39 is 6.04 Å². The number of nitrogens with zero attached hydrogens (tertiary/aromatic N) is 3. The highest BCUT2D eigenvalue weighted by Crippen LogP contribution is 2.28. The number of piperazine rings is 1. The summed E-state index contributed by atoms with van der Waals surface area (Å²) < 4.78 is 0. The maximum Gasteiger partial charge on any atom is 0.255 e. The molecule has 1 aromatic heterocycles. The number of amides is 3. The van der Waals surface area contributed by atoms with Crippen LogP contribution in [0, 0.1) is 0 Å². The molecule has 10 heteroatoms. The number of fused-ring (bicyclic) bond motifs is 1. The van der Waals surface area contributed by atoms with E-state index in [2.05, 4.69) is 31.0 Å². The van der Waals surface area contributed by atoms with E-state index >= 15 is 0 Å². The first kappa shape index (κ1) is 19.6. The van der Waals surface area contributed by atoms with Gasteiger partial charge < -0.3 is 20.4 Å². The zero-order valence-corrected chi connectivity index (χ0v) is 17.1. The number of aromatic amines is 1. The fourth-order valence-electron chi connectivity index (χ4n) is 4.39. The van der Waals surface area contributed by atoms with Gasteiger partial charge in [-0.2, -0.15) is 5.10 Å². The molecular weight excluding hydrogens is 398 g/mol. The molecule has 1 aromatic carbocycles. The molecular formula is C21H25N7O3. The lowest BCUT2D eigenvalue weighted by Crippen LogP contribution is -2.52. The first-order valence-electron chi connectivity index (χ1n) is 10.6. The Hall–Kier alpha value is -3.40. The van der Waals surface area contributed by atoms with E-state index in [1.54, 1.807) is 4.90 Å². The summed E-state index contributed by atoms with van der Waals surface area (Å²) in [5.41, 5.74) is 2.56. The van der Waals surface area contributed by atoms with Crippen molar-refractivity contribution in [3.8, 4) is 0 Å². The summed E-state index contributed by atoms with van der Waals surface area (Å²) in [6, 6.07) is 7.16. The fraction of sp³-hybridized carbons (Fsp3) is 0.429. The van der Waals surface area contributed by atoms with Crippen LogP contribution in [0.2, 0.25) is 0 Å². The average Bonchev–Trinajstić information content (AvgIpc) is 3.38. The third-order valence-electron chi connectivity index (χ3n) is 6.08. The number of hydrogen-bond donors (Lipinski definition) is 4. The smallest absolute Gasteiger partial charge is 0.255 e. The van der Waals surface area contributed by atoms with Gasteiger partial charge in [-0.3, -0.25) is 24.8 Å². The van der Waals surface area contributed by atoms with Crippen LogP contribution in [-0.2, 0) is 22.7 Å². The van der Waals surface area contributed by atoms with Gasteiger partial charge in [0.2, 0.25) is 11.8 Å². The van der Waals surface area contributed by atoms with Crippen molar-refractivity contribution in [2.24, 2.45) is 0 Å². The van der Waals surface area contributed by atoms with Gasteiger partial charge in [0.1, 0.15) is 11.9 Å². The summed E-state index contributed by atoms with van der Waals surface area (Å²) in [4.78, 5) is 40.2. The first-order valence-corrected chi connectivity index (χ1v) is 10.6. The zero-order valence-electron chi connectivity index (χ0n) is 17.1. The van der Waals surface area contributed by atoms with Gasteiger partial charge in [0.15, 0.2) is 5.82 Å². The Labute approximate surface area is 179 Å². The Kier molecular flexibility index (Phi) is 5.06. The molecule has 0 spiro atoms. The number of piperidine rings is 1. The van der Waals surface area contributed by atoms with Crippen molar-refractivity contribution in [3.63, 3.8) is 0 Å². The molecule has 0 bridgehead atoms. The van der Waals surface area contributed by atoms with Crippen molar-refractivity contribution in [2.45, 2.75) is 32.0 Å². The normalized spacial score (nSPS) is 21.3. The van der Waals surface area contributed by atoms with Gasteiger partial charge >= 0.3 is 0 Å². The molecule has 10 nitrogen and oxygen atoms in total. The highest BCUT2D eigenvalue weighted by atomic mass is 16.2. The van der Waals surface area contributed by atoms with Gasteiger partial charge in [-0.25, -0.2) is 0 Å². The SMILES string of the molecule is O=C1CCC(N2Cc3cc(CNc4cc(N5CCNCC5)n[nH]4)ccc3C2=O)C(=O)N1. The van der Waals surface area contributed by atoms with Crippen LogP contribution in [0.1, 0.15) is 34.3 Å². The van der Waals surface area contributed by atoms with E-state index in [0.717, 1.165) is 48.9 Å². The summed E-state index contributed by atoms with van der Waals surface area (Å²) in [5, 5.41) is 16.4. The molecule has 0 radical (unpaired) electrons. The fourth-order valence-corrected chi connectivity index (χ4v) is 4.39. The molecule has 162 valence electrons. The first-order chi connectivity index (χ1) is 15.1. The van der Waals surface area contributed by atoms with Crippen LogP contribution in [0.25, 0.3) is 0 Å². The number of anilines is 2. The topological polar surface area (TPSA) is 122 Å². The molecule has 3 aliphatic rings. The third-order valence-corrected chi connectivity index (χ3v) is 6.08. The third kappa shape index (κ3) is 3.86. The van der Waals surface area contributed by atoms with E-state index in [4.69, 9.17) is 0 Å².